The van der Waals surface area contributed by atoms with Gasteiger partial charge < -0.3 is 20.5 Å². The molecule has 0 aliphatic carbocycles. The van der Waals surface area contributed by atoms with Gasteiger partial charge in [-0.25, -0.2) is 0 Å². The van der Waals surface area contributed by atoms with Gasteiger partial charge in [-0.3, -0.25) is 0 Å². The van der Waals surface area contributed by atoms with Gasteiger partial charge in [0.2, 0.25) is 0 Å². The molecule has 0 saturated heterocycles. The van der Waals surface area contributed by atoms with Crippen LogP contribution in [0.1, 0.15) is 47.6 Å². The average Bonchev–Trinajstić information content (AvgIpc) is 2.92. The Morgan fingerprint density at radius 2 is 1.63 bits per heavy atom. The summed E-state index contributed by atoms with van der Waals surface area (Å²) in [6.45, 7) is 5.71. The van der Waals surface area contributed by atoms with E-state index >= 15 is 0 Å². The minimum atomic E-state index is -4.47. The van der Waals surface area contributed by atoms with Crippen molar-refractivity contribution in [3.8, 4) is 22.6 Å². The number of aliphatic hydroxyl groups is 1. The van der Waals surface area contributed by atoms with Crippen LogP contribution in [-0.4, -0.2) is 18.2 Å². The van der Waals surface area contributed by atoms with E-state index in [1.165, 1.54) is 6.07 Å². The van der Waals surface area contributed by atoms with Crippen molar-refractivity contribution in [3.05, 3.63) is 107 Å². The number of fused-ring (bicyclic) bond motifs is 2. The molecule has 7 heteroatoms. The molecular weight excluding hydrogens is 489 g/mol. The lowest BCUT2D eigenvalue weighted by Gasteiger charge is -2.33. The molecule has 1 heterocycles. The van der Waals surface area contributed by atoms with Crippen LogP contribution < -0.4 is 15.4 Å². The van der Waals surface area contributed by atoms with E-state index in [-0.39, 0.29) is 12.5 Å². The summed E-state index contributed by atoms with van der Waals surface area (Å²) in [5.41, 5.74) is 11.4. The molecule has 0 radical (unpaired) electrons. The number of alkyl halides is 3. The van der Waals surface area contributed by atoms with E-state index < -0.39 is 11.7 Å². The summed E-state index contributed by atoms with van der Waals surface area (Å²) < 4.78 is 46.7. The molecule has 1 aliphatic heterocycles. The number of hydrogen-bond donors (Lipinski definition) is 2. The van der Waals surface area contributed by atoms with Gasteiger partial charge in [-0.05, 0) is 60.9 Å². The first-order valence-corrected chi connectivity index (χ1v) is 12.6. The lowest BCUT2D eigenvalue weighted by Crippen LogP contribution is -2.22. The maximum atomic E-state index is 13.5. The van der Waals surface area contributed by atoms with Gasteiger partial charge in [0.25, 0.3) is 0 Å². The number of anilines is 2. The van der Waals surface area contributed by atoms with Gasteiger partial charge in [-0.2, -0.15) is 13.2 Å². The topological polar surface area (TPSA) is 58.7 Å². The molecule has 4 nitrogen and oxygen atoms in total. The SMILES string of the molecule is CCN(CC)c1ccc2c(c1)Oc1ccc(-c3cccc(C(F)(F)F)c3)c(N)c1C2c1ccccc1CO. The highest BCUT2D eigenvalue weighted by atomic mass is 19.4. The smallest absolute Gasteiger partial charge is 0.416 e. The Balaban J connectivity index is 1.73. The van der Waals surface area contributed by atoms with Crippen LogP contribution in [0.3, 0.4) is 0 Å². The second-order valence-electron chi connectivity index (χ2n) is 9.30. The molecular formula is C31H29F3N2O2. The number of nitrogens with two attached hydrogens (primary N) is 1. The number of nitrogen functional groups attached to an aromatic ring is 1. The Morgan fingerprint density at radius 1 is 0.868 bits per heavy atom. The summed E-state index contributed by atoms with van der Waals surface area (Å²) in [7, 11) is 0. The maximum absolute atomic E-state index is 13.5. The van der Waals surface area contributed by atoms with Crippen molar-refractivity contribution in [2.24, 2.45) is 0 Å². The van der Waals surface area contributed by atoms with Crippen molar-refractivity contribution in [1.82, 2.24) is 0 Å². The summed E-state index contributed by atoms with van der Waals surface area (Å²) in [6.07, 6.45) is -4.47. The molecule has 3 N–H and O–H groups in total. The fraction of sp³-hybridized carbons (Fsp3) is 0.226. The van der Waals surface area contributed by atoms with Gasteiger partial charge in [-0.1, -0.05) is 42.5 Å². The number of hydrogen-bond acceptors (Lipinski definition) is 4. The van der Waals surface area contributed by atoms with E-state index in [9.17, 15) is 18.3 Å². The van der Waals surface area contributed by atoms with Crippen LogP contribution >= 0.6 is 0 Å². The monoisotopic (exact) mass is 518 g/mol. The van der Waals surface area contributed by atoms with Crippen molar-refractivity contribution in [2.45, 2.75) is 32.5 Å². The Bertz CT molecular complexity index is 1480. The molecule has 1 unspecified atom stereocenters. The molecule has 0 saturated carbocycles. The second kappa shape index (κ2) is 10.1. The zero-order chi connectivity index (χ0) is 27.0. The van der Waals surface area contributed by atoms with Crippen LogP contribution in [0.4, 0.5) is 24.5 Å². The normalized spacial score (nSPS) is 14.4. The first-order valence-electron chi connectivity index (χ1n) is 12.6. The summed E-state index contributed by atoms with van der Waals surface area (Å²) in [5, 5.41) is 10.2. The first kappa shape index (κ1) is 25.7. The van der Waals surface area contributed by atoms with E-state index in [2.05, 4.69) is 18.7 Å². The zero-order valence-electron chi connectivity index (χ0n) is 21.2. The fourth-order valence-electron chi connectivity index (χ4n) is 5.31. The number of rotatable bonds is 6. The van der Waals surface area contributed by atoms with Gasteiger partial charge in [0.15, 0.2) is 0 Å². The van der Waals surface area contributed by atoms with Gasteiger partial charge in [-0.15, -0.1) is 0 Å². The van der Waals surface area contributed by atoms with E-state index in [1.807, 2.05) is 42.5 Å². The largest absolute Gasteiger partial charge is 0.457 e. The Hall–Kier alpha value is -3.97. The molecule has 0 bridgehead atoms. The molecule has 5 rings (SSSR count). The molecule has 0 fully saturated rings. The van der Waals surface area contributed by atoms with Crippen molar-refractivity contribution >= 4 is 11.4 Å². The first-order chi connectivity index (χ1) is 18.3. The summed E-state index contributed by atoms with van der Waals surface area (Å²) in [5.74, 6) is 0.847. The van der Waals surface area contributed by atoms with E-state index in [4.69, 9.17) is 10.5 Å². The highest BCUT2D eigenvalue weighted by Crippen LogP contribution is 2.53. The van der Waals surface area contributed by atoms with Crippen molar-refractivity contribution in [2.75, 3.05) is 23.7 Å². The standard InChI is InChI=1S/C31H29F3N2O2/c1-3-36(4-2)22-12-13-25-27(17-22)38-26-15-14-24(19-9-7-10-21(16-19)31(32,33)34)30(35)29(26)28(25)23-11-6-5-8-20(23)18-37/h5-17,28,37H,3-4,18,35H2,1-2H3. The predicted molar refractivity (Wildman–Crippen MR) is 145 cm³/mol. The average molecular weight is 519 g/mol. The third kappa shape index (κ3) is 4.47. The number of nitrogens with zero attached hydrogens (tertiary/aromatic N) is 1. The van der Waals surface area contributed by atoms with Crippen LogP contribution in [0.15, 0.2) is 78.9 Å². The van der Waals surface area contributed by atoms with Gasteiger partial charge >= 0.3 is 6.18 Å². The Morgan fingerprint density at radius 3 is 2.34 bits per heavy atom. The fourth-order valence-corrected chi connectivity index (χ4v) is 5.31. The second-order valence-corrected chi connectivity index (χ2v) is 9.30. The summed E-state index contributed by atoms with van der Waals surface area (Å²) in [6, 6.07) is 22.3. The highest BCUT2D eigenvalue weighted by Gasteiger charge is 2.34. The van der Waals surface area contributed by atoms with Crippen molar-refractivity contribution < 1.29 is 23.0 Å². The molecule has 4 aromatic carbocycles. The van der Waals surface area contributed by atoms with Crippen LogP contribution in [0.2, 0.25) is 0 Å². The third-order valence-corrected chi connectivity index (χ3v) is 7.23. The number of benzene rings is 4. The summed E-state index contributed by atoms with van der Waals surface area (Å²) in [4.78, 5) is 2.22. The molecule has 0 amide bonds. The van der Waals surface area contributed by atoms with Gasteiger partial charge in [0.1, 0.15) is 11.5 Å². The van der Waals surface area contributed by atoms with Crippen molar-refractivity contribution in [3.63, 3.8) is 0 Å². The Kier molecular flexibility index (Phi) is 6.80. The maximum Gasteiger partial charge on any atom is 0.416 e. The van der Waals surface area contributed by atoms with Gasteiger partial charge in [0, 0.05) is 53.1 Å². The zero-order valence-corrected chi connectivity index (χ0v) is 21.2. The van der Waals surface area contributed by atoms with Crippen LogP contribution in [-0.2, 0) is 12.8 Å². The summed E-state index contributed by atoms with van der Waals surface area (Å²) >= 11 is 0. The third-order valence-electron chi connectivity index (χ3n) is 7.23. The minimum absolute atomic E-state index is 0.164. The molecule has 0 aromatic heterocycles. The van der Waals surface area contributed by atoms with Gasteiger partial charge in [0.05, 0.1) is 12.2 Å². The highest BCUT2D eigenvalue weighted by molar-refractivity contribution is 5.84. The predicted octanol–water partition coefficient (Wildman–Crippen LogP) is 7.58. The van der Waals surface area contributed by atoms with Crippen LogP contribution in [0, 0.1) is 0 Å². The Labute approximate surface area is 220 Å². The molecule has 0 spiro atoms. The lowest BCUT2D eigenvalue weighted by atomic mass is 9.78. The number of ether oxygens (including phenoxy) is 1. The number of aliphatic hydroxyl groups excluding tert-OH is 1. The minimum Gasteiger partial charge on any atom is -0.457 e. The molecule has 196 valence electrons. The molecule has 38 heavy (non-hydrogen) atoms. The van der Waals surface area contributed by atoms with Crippen LogP contribution in [0.5, 0.6) is 11.5 Å². The van der Waals surface area contributed by atoms with E-state index in [1.54, 1.807) is 18.2 Å². The molecule has 4 aromatic rings. The van der Waals surface area contributed by atoms with E-state index in [0.29, 0.717) is 33.9 Å². The quantitative estimate of drug-likeness (QED) is 0.228. The lowest BCUT2D eigenvalue weighted by molar-refractivity contribution is -0.137. The van der Waals surface area contributed by atoms with Crippen molar-refractivity contribution in [1.29, 1.82) is 0 Å². The van der Waals surface area contributed by atoms with E-state index in [0.717, 1.165) is 47.6 Å². The number of halogens is 3. The molecule has 1 aliphatic rings. The van der Waals surface area contributed by atoms with Crippen LogP contribution in [0.25, 0.3) is 11.1 Å². The molecule has 1 atom stereocenters.